The Hall–Kier alpha value is -1.36. The lowest BCUT2D eigenvalue weighted by atomic mass is 10.2. The van der Waals surface area contributed by atoms with E-state index < -0.39 is 5.97 Å². The average molecular weight is 242 g/mol. The highest BCUT2D eigenvalue weighted by Gasteiger charge is 2.09. The molecule has 0 atom stereocenters. The normalized spacial score (nSPS) is 11.6. The van der Waals surface area contributed by atoms with E-state index in [1.165, 1.54) is 0 Å². The first-order chi connectivity index (χ1) is 8.04. The molecule has 0 aliphatic rings. The maximum absolute atomic E-state index is 11.3. The molecular formula is C12H22N2O3. The third kappa shape index (κ3) is 6.73. The molecular weight excluding hydrogens is 220 g/mol. The molecule has 2 N–H and O–H groups in total. The lowest BCUT2D eigenvalue weighted by molar-refractivity contribution is -0.132. The molecule has 0 aromatic rings. The van der Waals surface area contributed by atoms with E-state index in [-0.39, 0.29) is 5.91 Å². The Balaban J connectivity index is 4.42. The molecule has 0 rings (SSSR count). The predicted molar refractivity (Wildman–Crippen MR) is 66.8 cm³/mol. The van der Waals surface area contributed by atoms with Crippen LogP contribution in [-0.4, -0.2) is 48.6 Å². The van der Waals surface area contributed by atoms with Crippen molar-refractivity contribution >= 4 is 11.9 Å². The summed E-state index contributed by atoms with van der Waals surface area (Å²) in [5.41, 5.74) is 0.392. The van der Waals surface area contributed by atoms with Gasteiger partial charge in [0.1, 0.15) is 0 Å². The summed E-state index contributed by atoms with van der Waals surface area (Å²) >= 11 is 0. The van der Waals surface area contributed by atoms with E-state index in [1.807, 2.05) is 18.7 Å². The van der Waals surface area contributed by atoms with E-state index in [1.54, 1.807) is 13.1 Å². The largest absolute Gasteiger partial charge is 0.478 e. The van der Waals surface area contributed by atoms with Gasteiger partial charge in [-0.1, -0.05) is 19.9 Å². The summed E-state index contributed by atoms with van der Waals surface area (Å²) in [5.74, 6) is -0.941. The number of carbonyl (C=O) groups is 2. The molecule has 0 aliphatic carbocycles. The summed E-state index contributed by atoms with van der Waals surface area (Å²) in [5, 5.41) is 11.4. The molecule has 0 fully saturated rings. The standard InChI is InChI=1S/C12H22N2O3/c1-4-7-14(9-11(15)13-3)8-6-10(5-2)12(16)17/h6H,4-5,7-9H2,1-3H3,(H,13,15)(H,16,17). The minimum Gasteiger partial charge on any atom is -0.478 e. The summed E-state index contributed by atoms with van der Waals surface area (Å²) in [6.45, 7) is 5.41. The van der Waals surface area contributed by atoms with Crippen molar-refractivity contribution in [2.75, 3.05) is 26.7 Å². The first-order valence-electron chi connectivity index (χ1n) is 5.90. The Morgan fingerprint density at radius 2 is 2.00 bits per heavy atom. The van der Waals surface area contributed by atoms with Crippen molar-refractivity contribution in [1.29, 1.82) is 0 Å². The summed E-state index contributed by atoms with van der Waals surface area (Å²) in [6, 6.07) is 0. The predicted octanol–water partition coefficient (Wildman–Crippen LogP) is 0.865. The van der Waals surface area contributed by atoms with Crippen LogP contribution in [0, 0.1) is 0 Å². The van der Waals surface area contributed by atoms with Crippen LogP contribution in [0.2, 0.25) is 0 Å². The summed E-state index contributed by atoms with van der Waals surface area (Å²) in [6.07, 6.45) is 3.11. The fraction of sp³-hybridized carbons (Fsp3) is 0.667. The smallest absolute Gasteiger partial charge is 0.331 e. The molecule has 0 heterocycles. The fourth-order valence-corrected chi connectivity index (χ4v) is 1.46. The first kappa shape index (κ1) is 15.6. The quantitative estimate of drug-likeness (QED) is 0.620. The number of carboxylic acid groups (broad SMARTS) is 1. The number of hydrogen-bond donors (Lipinski definition) is 2. The van der Waals surface area contributed by atoms with E-state index in [4.69, 9.17) is 5.11 Å². The number of rotatable bonds is 8. The maximum Gasteiger partial charge on any atom is 0.331 e. The Morgan fingerprint density at radius 1 is 1.35 bits per heavy atom. The van der Waals surface area contributed by atoms with Gasteiger partial charge >= 0.3 is 5.97 Å². The van der Waals surface area contributed by atoms with Crippen molar-refractivity contribution in [2.24, 2.45) is 0 Å². The van der Waals surface area contributed by atoms with Crippen molar-refractivity contribution in [2.45, 2.75) is 26.7 Å². The molecule has 17 heavy (non-hydrogen) atoms. The van der Waals surface area contributed by atoms with Crippen LogP contribution in [-0.2, 0) is 9.59 Å². The second kappa shape index (κ2) is 8.75. The van der Waals surface area contributed by atoms with E-state index in [0.29, 0.717) is 25.1 Å². The number of hydrogen-bond acceptors (Lipinski definition) is 3. The van der Waals surface area contributed by atoms with E-state index in [2.05, 4.69) is 5.32 Å². The third-order valence-corrected chi connectivity index (χ3v) is 2.44. The third-order valence-electron chi connectivity index (χ3n) is 2.44. The molecule has 98 valence electrons. The highest BCUT2D eigenvalue weighted by atomic mass is 16.4. The second-order valence-corrected chi connectivity index (χ2v) is 3.80. The number of amides is 1. The van der Waals surface area contributed by atoms with E-state index in [9.17, 15) is 9.59 Å². The molecule has 0 aromatic carbocycles. The maximum atomic E-state index is 11.3. The molecule has 0 unspecified atom stereocenters. The lowest BCUT2D eigenvalue weighted by Gasteiger charge is -2.19. The molecule has 0 saturated carbocycles. The number of carboxylic acids is 1. The SMILES string of the molecule is CCCN(CC=C(CC)C(=O)O)CC(=O)NC. The van der Waals surface area contributed by atoms with Crippen molar-refractivity contribution in [1.82, 2.24) is 10.2 Å². The van der Waals surface area contributed by atoms with Crippen LogP contribution >= 0.6 is 0 Å². The number of nitrogens with one attached hydrogen (secondary N) is 1. The van der Waals surface area contributed by atoms with Gasteiger partial charge in [0, 0.05) is 19.2 Å². The lowest BCUT2D eigenvalue weighted by Crippen LogP contribution is -2.36. The van der Waals surface area contributed by atoms with Crippen molar-refractivity contribution in [3.8, 4) is 0 Å². The van der Waals surface area contributed by atoms with Crippen LogP contribution in [0.25, 0.3) is 0 Å². The molecule has 0 bridgehead atoms. The van der Waals surface area contributed by atoms with Crippen molar-refractivity contribution in [3.05, 3.63) is 11.6 Å². The van der Waals surface area contributed by atoms with Gasteiger partial charge in [0.25, 0.3) is 0 Å². The summed E-state index contributed by atoms with van der Waals surface area (Å²) in [4.78, 5) is 24.0. The molecule has 0 saturated heterocycles. The molecule has 5 nitrogen and oxygen atoms in total. The molecule has 1 amide bonds. The Morgan fingerprint density at radius 3 is 2.41 bits per heavy atom. The fourth-order valence-electron chi connectivity index (χ4n) is 1.46. The van der Waals surface area contributed by atoms with Crippen LogP contribution < -0.4 is 5.32 Å². The number of aliphatic carboxylic acids is 1. The number of likely N-dealkylation sites (N-methyl/N-ethyl adjacent to an activating group) is 1. The second-order valence-electron chi connectivity index (χ2n) is 3.80. The van der Waals surface area contributed by atoms with E-state index >= 15 is 0 Å². The summed E-state index contributed by atoms with van der Waals surface area (Å²) < 4.78 is 0. The Kier molecular flexibility index (Phi) is 8.05. The average Bonchev–Trinajstić information content (AvgIpc) is 2.29. The van der Waals surface area contributed by atoms with Crippen LogP contribution in [0.3, 0.4) is 0 Å². The van der Waals surface area contributed by atoms with Gasteiger partial charge in [-0.25, -0.2) is 4.79 Å². The van der Waals surface area contributed by atoms with E-state index in [0.717, 1.165) is 13.0 Å². The summed E-state index contributed by atoms with van der Waals surface area (Å²) in [7, 11) is 1.59. The van der Waals surface area contributed by atoms with Crippen LogP contribution in [0.5, 0.6) is 0 Å². The van der Waals surface area contributed by atoms with Crippen LogP contribution in [0.15, 0.2) is 11.6 Å². The molecule has 0 aromatic heterocycles. The van der Waals surface area contributed by atoms with Gasteiger partial charge < -0.3 is 10.4 Å². The van der Waals surface area contributed by atoms with Crippen LogP contribution in [0.4, 0.5) is 0 Å². The molecule has 0 spiro atoms. The number of carbonyl (C=O) groups excluding carboxylic acids is 1. The minimum absolute atomic E-state index is 0.0553. The zero-order chi connectivity index (χ0) is 13.3. The topological polar surface area (TPSA) is 69.6 Å². The minimum atomic E-state index is -0.885. The van der Waals surface area contributed by atoms with Gasteiger partial charge in [0.05, 0.1) is 6.54 Å². The molecule has 0 radical (unpaired) electrons. The van der Waals surface area contributed by atoms with Gasteiger partial charge in [-0.2, -0.15) is 0 Å². The van der Waals surface area contributed by atoms with Gasteiger partial charge in [-0.3, -0.25) is 9.69 Å². The highest BCUT2D eigenvalue weighted by Crippen LogP contribution is 2.02. The number of nitrogens with zero attached hydrogens (tertiary/aromatic N) is 1. The Labute approximate surface area is 102 Å². The molecule has 0 aliphatic heterocycles. The zero-order valence-corrected chi connectivity index (χ0v) is 10.8. The molecule has 5 heteroatoms. The van der Waals surface area contributed by atoms with Gasteiger partial charge in [0.2, 0.25) is 5.91 Å². The zero-order valence-electron chi connectivity index (χ0n) is 10.8. The first-order valence-corrected chi connectivity index (χ1v) is 5.90. The van der Waals surface area contributed by atoms with Crippen molar-refractivity contribution < 1.29 is 14.7 Å². The highest BCUT2D eigenvalue weighted by molar-refractivity contribution is 5.86. The van der Waals surface area contributed by atoms with Crippen molar-refractivity contribution in [3.63, 3.8) is 0 Å². The van der Waals surface area contributed by atoms with Gasteiger partial charge in [-0.15, -0.1) is 0 Å². The monoisotopic (exact) mass is 242 g/mol. The van der Waals surface area contributed by atoms with Gasteiger partial charge in [-0.05, 0) is 19.4 Å². The van der Waals surface area contributed by atoms with Crippen LogP contribution in [0.1, 0.15) is 26.7 Å². The Bertz CT molecular complexity index is 287. The van der Waals surface area contributed by atoms with Gasteiger partial charge in [0.15, 0.2) is 0 Å².